The molecule has 3 aromatic rings. The third-order valence-electron chi connectivity index (χ3n) is 5.88. The van der Waals surface area contributed by atoms with Crippen molar-refractivity contribution < 1.29 is 0 Å². The van der Waals surface area contributed by atoms with E-state index in [-0.39, 0.29) is 19.1 Å². The van der Waals surface area contributed by atoms with Crippen LogP contribution >= 0.6 is 11.6 Å². The van der Waals surface area contributed by atoms with Gasteiger partial charge in [-0.2, -0.15) is 10.2 Å². The van der Waals surface area contributed by atoms with E-state index >= 15 is 0 Å². The SMILES string of the molecule is CC#CCn1c(N2CCC[C@@H](N)C2)nc2c1c(=O)n(Cc1ccc(C#N)cc1Cl)c(=O)n2C. The molecule has 1 aliphatic rings. The molecular weight excluding hydrogens is 442 g/mol. The number of imidazole rings is 1. The first-order valence-electron chi connectivity index (χ1n) is 10.6. The van der Waals surface area contributed by atoms with Crippen molar-refractivity contribution in [2.75, 3.05) is 18.0 Å². The molecule has 1 saturated heterocycles. The summed E-state index contributed by atoms with van der Waals surface area (Å²) in [4.78, 5) is 33.5. The molecular formula is C23H24ClN7O2. The molecule has 170 valence electrons. The number of aryl methyl sites for hydroxylation is 1. The van der Waals surface area contributed by atoms with E-state index in [1.54, 1.807) is 30.7 Å². The lowest BCUT2D eigenvalue weighted by Gasteiger charge is -2.31. The predicted octanol–water partition coefficient (Wildman–Crippen LogP) is 1.42. The van der Waals surface area contributed by atoms with Gasteiger partial charge in [0.25, 0.3) is 5.56 Å². The van der Waals surface area contributed by atoms with Crippen LogP contribution in [-0.2, 0) is 20.1 Å². The molecule has 1 aliphatic heterocycles. The Hall–Kier alpha value is -3.53. The second kappa shape index (κ2) is 9.14. The van der Waals surface area contributed by atoms with E-state index in [1.807, 2.05) is 6.07 Å². The minimum atomic E-state index is -0.499. The first kappa shape index (κ1) is 22.7. The Balaban J connectivity index is 1.91. The fourth-order valence-corrected chi connectivity index (χ4v) is 4.40. The number of aromatic nitrogens is 4. The zero-order valence-electron chi connectivity index (χ0n) is 18.5. The molecule has 1 atom stereocenters. The van der Waals surface area contributed by atoms with Gasteiger partial charge in [0, 0.05) is 31.2 Å². The molecule has 3 heterocycles. The molecule has 0 amide bonds. The second-order valence-electron chi connectivity index (χ2n) is 8.10. The highest BCUT2D eigenvalue weighted by Crippen LogP contribution is 2.23. The number of anilines is 1. The number of nitriles is 1. The van der Waals surface area contributed by atoms with Crippen molar-refractivity contribution in [1.82, 2.24) is 18.7 Å². The van der Waals surface area contributed by atoms with Crippen molar-refractivity contribution in [2.24, 2.45) is 12.8 Å². The largest absolute Gasteiger partial charge is 0.341 e. The number of rotatable bonds is 4. The zero-order valence-corrected chi connectivity index (χ0v) is 19.3. The second-order valence-corrected chi connectivity index (χ2v) is 8.50. The van der Waals surface area contributed by atoms with Crippen LogP contribution in [0, 0.1) is 23.2 Å². The van der Waals surface area contributed by atoms with E-state index in [0.717, 1.165) is 24.0 Å². The Morgan fingerprint density at radius 3 is 2.76 bits per heavy atom. The molecule has 1 aromatic carbocycles. The lowest BCUT2D eigenvalue weighted by molar-refractivity contribution is 0.496. The molecule has 10 heteroatoms. The summed E-state index contributed by atoms with van der Waals surface area (Å²) in [6.07, 6.45) is 1.85. The van der Waals surface area contributed by atoms with Crippen molar-refractivity contribution >= 4 is 28.7 Å². The molecule has 0 aliphatic carbocycles. The van der Waals surface area contributed by atoms with Crippen molar-refractivity contribution in [3.8, 4) is 17.9 Å². The van der Waals surface area contributed by atoms with Crippen LogP contribution in [0.4, 0.5) is 5.95 Å². The van der Waals surface area contributed by atoms with Crippen LogP contribution < -0.4 is 21.9 Å². The summed E-state index contributed by atoms with van der Waals surface area (Å²) in [5.74, 6) is 6.47. The molecule has 1 fully saturated rings. The molecule has 0 spiro atoms. The van der Waals surface area contributed by atoms with Gasteiger partial charge in [-0.1, -0.05) is 23.6 Å². The number of nitrogens with zero attached hydrogens (tertiary/aromatic N) is 6. The van der Waals surface area contributed by atoms with Crippen LogP contribution in [0.1, 0.15) is 30.9 Å². The third-order valence-corrected chi connectivity index (χ3v) is 6.23. The van der Waals surface area contributed by atoms with E-state index in [2.05, 4.69) is 21.7 Å². The predicted molar refractivity (Wildman–Crippen MR) is 127 cm³/mol. The Morgan fingerprint density at radius 2 is 2.09 bits per heavy atom. The molecule has 2 aromatic heterocycles. The molecule has 9 nitrogen and oxygen atoms in total. The minimum Gasteiger partial charge on any atom is -0.341 e. The van der Waals surface area contributed by atoms with Crippen LogP contribution in [0.25, 0.3) is 11.2 Å². The minimum absolute atomic E-state index is 0.0169. The van der Waals surface area contributed by atoms with Gasteiger partial charge >= 0.3 is 5.69 Å². The number of halogens is 1. The first-order chi connectivity index (χ1) is 15.8. The van der Waals surface area contributed by atoms with Crippen LogP contribution in [0.15, 0.2) is 27.8 Å². The van der Waals surface area contributed by atoms with Crippen LogP contribution in [-0.4, -0.2) is 37.8 Å². The fourth-order valence-electron chi connectivity index (χ4n) is 4.16. The Kier molecular flexibility index (Phi) is 6.28. The lowest BCUT2D eigenvalue weighted by Crippen LogP contribution is -2.44. The van der Waals surface area contributed by atoms with Crippen LogP contribution in [0.2, 0.25) is 5.02 Å². The number of piperidine rings is 1. The van der Waals surface area contributed by atoms with Gasteiger partial charge in [0.1, 0.15) is 0 Å². The van der Waals surface area contributed by atoms with E-state index in [4.69, 9.17) is 22.6 Å². The Morgan fingerprint density at radius 1 is 1.30 bits per heavy atom. The van der Waals surface area contributed by atoms with E-state index in [0.29, 0.717) is 39.8 Å². The smallest absolute Gasteiger partial charge is 0.332 e. The molecule has 0 saturated carbocycles. The maximum absolute atomic E-state index is 13.6. The van der Waals surface area contributed by atoms with E-state index in [9.17, 15) is 9.59 Å². The average molecular weight is 466 g/mol. The molecule has 2 N–H and O–H groups in total. The number of hydrogen-bond donors (Lipinski definition) is 1. The highest BCUT2D eigenvalue weighted by atomic mass is 35.5. The summed E-state index contributed by atoms with van der Waals surface area (Å²) >= 11 is 6.31. The quantitative estimate of drug-likeness (QED) is 0.583. The number of nitrogens with two attached hydrogens (primary N) is 1. The van der Waals surface area contributed by atoms with Crippen molar-refractivity contribution in [3.63, 3.8) is 0 Å². The number of benzene rings is 1. The summed E-state index contributed by atoms with van der Waals surface area (Å²) in [7, 11) is 1.59. The summed E-state index contributed by atoms with van der Waals surface area (Å²) in [6, 6.07) is 6.81. The lowest BCUT2D eigenvalue weighted by atomic mass is 10.1. The average Bonchev–Trinajstić information content (AvgIpc) is 3.19. The normalized spacial score (nSPS) is 15.8. The number of hydrogen-bond acceptors (Lipinski definition) is 6. The van der Waals surface area contributed by atoms with Crippen molar-refractivity contribution in [2.45, 2.75) is 38.9 Å². The molecule has 33 heavy (non-hydrogen) atoms. The van der Waals surface area contributed by atoms with Gasteiger partial charge in [-0.05, 0) is 37.5 Å². The molecule has 0 radical (unpaired) electrons. The summed E-state index contributed by atoms with van der Waals surface area (Å²) in [5.41, 5.74) is 6.79. The van der Waals surface area contributed by atoms with Gasteiger partial charge in [0.2, 0.25) is 5.95 Å². The van der Waals surface area contributed by atoms with Crippen molar-refractivity contribution in [3.05, 3.63) is 55.2 Å². The molecule has 0 bridgehead atoms. The van der Waals surface area contributed by atoms with Gasteiger partial charge in [-0.3, -0.25) is 18.5 Å². The molecule has 4 rings (SSSR count). The number of fused-ring (bicyclic) bond motifs is 1. The van der Waals surface area contributed by atoms with Crippen molar-refractivity contribution in [1.29, 1.82) is 5.26 Å². The van der Waals surface area contributed by atoms with Crippen LogP contribution in [0.5, 0.6) is 0 Å². The Labute approximate surface area is 195 Å². The highest BCUT2D eigenvalue weighted by Gasteiger charge is 2.26. The van der Waals surface area contributed by atoms with Crippen LogP contribution in [0.3, 0.4) is 0 Å². The zero-order chi connectivity index (χ0) is 23.7. The Bertz CT molecular complexity index is 1450. The molecule has 0 unspecified atom stereocenters. The summed E-state index contributed by atoms with van der Waals surface area (Å²) in [5, 5.41) is 9.38. The summed E-state index contributed by atoms with van der Waals surface area (Å²) in [6.45, 7) is 3.35. The highest BCUT2D eigenvalue weighted by molar-refractivity contribution is 6.31. The van der Waals surface area contributed by atoms with E-state index in [1.165, 1.54) is 10.6 Å². The van der Waals surface area contributed by atoms with Gasteiger partial charge in [-0.15, -0.1) is 5.92 Å². The maximum Gasteiger partial charge on any atom is 0.332 e. The topological polar surface area (TPSA) is 115 Å². The third kappa shape index (κ3) is 4.13. The maximum atomic E-state index is 13.6. The van der Waals surface area contributed by atoms with Gasteiger partial charge in [0.15, 0.2) is 11.2 Å². The first-order valence-corrected chi connectivity index (χ1v) is 11.0. The van der Waals surface area contributed by atoms with Gasteiger partial charge in [-0.25, -0.2) is 4.79 Å². The van der Waals surface area contributed by atoms with E-state index < -0.39 is 11.2 Å². The van der Waals surface area contributed by atoms with Gasteiger partial charge < -0.3 is 10.6 Å². The summed E-state index contributed by atoms with van der Waals surface area (Å²) < 4.78 is 4.28. The monoisotopic (exact) mass is 465 g/mol. The fraction of sp³-hybridized carbons (Fsp3) is 0.391. The standard InChI is InChI=1S/C23H24ClN7O2/c1-3-4-10-30-19-20(27-22(30)29-9-5-6-17(26)14-29)28(2)23(33)31(21(19)32)13-16-8-7-15(12-25)11-18(16)24/h7-8,11,17H,5-6,9-10,13-14,26H2,1-2H3/t17-/m1/s1. The van der Waals surface area contributed by atoms with Gasteiger partial charge in [0.05, 0.1) is 24.7 Å².